The van der Waals surface area contributed by atoms with Crippen molar-refractivity contribution in [2.45, 2.75) is 20.3 Å². The second-order valence-corrected chi connectivity index (χ2v) is 6.93. The number of hydrogen-bond donors (Lipinski definition) is 2. The largest absolute Gasteiger partial charge is 0.462 e. The van der Waals surface area contributed by atoms with E-state index in [-0.39, 0.29) is 37.3 Å². The van der Waals surface area contributed by atoms with Crippen molar-refractivity contribution in [3.63, 3.8) is 0 Å². The fourth-order valence-corrected chi connectivity index (χ4v) is 3.27. The van der Waals surface area contributed by atoms with Gasteiger partial charge in [0.05, 0.1) is 18.1 Å². The molecule has 156 valence electrons. The maximum atomic E-state index is 12.7. The van der Waals surface area contributed by atoms with E-state index in [0.717, 1.165) is 0 Å². The Bertz CT molecular complexity index is 988. The highest BCUT2D eigenvalue weighted by Gasteiger charge is 2.35. The molecule has 3 rings (SSSR count). The SMILES string of the molecule is CCOC(=O)c1cccc(NC(=O)[C@@H]2CC(=O)N(c3cccc(NC(C)=O)c3)C2)c1. The molecule has 1 fully saturated rings. The van der Waals surface area contributed by atoms with Gasteiger partial charge in [-0.2, -0.15) is 0 Å². The minimum absolute atomic E-state index is 0.0771. The number of nitrogens with one attached hydrogen (secondary N) is 2. The topological polar surface area (TPSA) is 105 Å². The van der Waals surface area contributed by atoms with Gasteiger partial charge in [0.15, 0.2) is 0 Å². The highest BCUT2D eigenvalue weighted by Crippen LogP contribution is 2.28. The molecular formula is C22H23N3O5. The smallest absolute Gasteiger partial charge is 0.338 e. The van der Waals surface area contributed by atoms with E-state index >= 15 is 0 Å². The zero-order valence-corrected chi connectivity index (χ0v) is 16.8. The summed E-state index contributed by atoms with van der Waals surface area (Å²) < 4.78 is 4.97. The number of ether oxygens (including phenoxy) is 1. The van der Waals surface area contributed by atoms with Crippen LogP contribution in [0, 0.1) is 5.92 Å². The number of carbonyl (C=O) groups is 4. The Kier molecular flexibility index (Phi) is 6.46. The van der Waals surface area contributed by atoms with Gasteiger partial charge in [0, 0.05) is 37.0 Å². The van der Waals surface area contributed by atoms with Crippen LogP contribution in [0.25, 0.3) is 0 Å². The van der Waals surface area contributed by atoms with Gasteiger partial charge in [0.1, 0.15) is 0 Å². The second kappa shape index (κ2) is 9.21. The van der Waals surface area contributed by atoms with Crippen molar-refractivity contribution in [2.75, 3.05) is 28.7 Å². The zero-order valence-electron chi connectivity index (χ0n) is 16.8. The first-order valence-electron chi connectivity index (χ1n) is 9.63. The van der Waals surface area contributed by atoms with Crippen molar-refractivity contribution in [3.8, 4) is 0 Å². The van der Waals surface area contributed by atoms with Crippen LogP contribution in [0.4, 0.5) is 17.1 Å². The summed E-state index contributed by atoms with van der Waals surface area (Å²) in [6, 6.07) is 13.4. The van der Waals surface area contributed by atoms with Crippen LogP contribution < -0.4 is 15.5 Å². The molecule has 0 bridgehead atoms. The fourth-order valence-electron chi connectivity index (χ4n) is 3.27. The van der Waals surface area contributed by atoms with Gasteiger partial charge in [-0.3, -0.25) is 14.4 Å². The van der Waals surface area contributed by atoms with Crippen LogP contribution in [-0.2, 0) is 19.1 Å². The molecule has 0 saturated carbocycles. The van der Waals surface area contributed by atoms with Gasteiger partial charge in [0.2, 0.25) is 17.7 Å². The molecule has 0 spiro atoms. The summed E-state index contributed by atoms with van der Waals surface area (Å²) in [5.74, 6) is -1.68. The third-order valence-electron chi connectivity index (χ3n) is 4.62. The first-order chi connectivity index (χ1) is 14.4. The third-order valence-corrected chi connectivity index (χ3v) is 4.62. The van der Waals surface area contributed by atoms with Crippen molar-refractivity contribution in [2.24, 2.45) is 5.92 Å². The Morgan fingerprint density at radius 3 is 2.47 bits per heavy atom. The van der Waals surface area contributed by atoms with E-state index in [2.05, 4.69) is 10.6 Å². The van der Waals surface area contributed by atoms with Crippen LogP contribution in [0.5, 0.6) is 0 Å². The summed E-state index contributed by atoms with van der Waals surface area (Å²) in [4.78, 5) is 49.8. The molecule has 3 amide bonds. The molecule has 8 nitrogen and oxygen atoms in total. The number of benzene rings is 2. The standard InChI is InChI=1S/C22H23N3O5/c1-3-30-22(29)15-6-4-7-17(10-15)24-21(28)16-11-20(27)25(13-16)19-9-5-8-18(12-19)23-14(2)26/h4-10,12,16H,3,11,13H2,1-2H3,(H,23,26)(H,24,28)/t16-/m1/s1. The molecule has 2 aromatic carbocycles. The van der Waals surface area contributed by atoms with Crippen LogP contribution in [0.15, 0.2) is 48.5 Å². The normalized spacial score (nSPS) is 15.6. The van der Waals surface area contributed by atoms with Crippen molar-refractivity contribution in [1.29, 1.82) is 0 Å². The van der Waals surface area contributed by atoms with Crippen LogP contribution in [0.1, 0.15) is 30.6 Å². The Morgan fingerprint density at radius 1 is 1.07 bits per heavy atom. The Labute approximate surface area is 174 Å². The lowest BCUT2D eigenvalue weighted by Crippen LogP contribution is -2.28. The summed E-state index contributed by atoms with van der Waals surface area (Å²) >= 11 is 0. The first-order valence-corrected chi connectivity index (χ1v) is 9.63. The van der Waals surface area contributed by atoms with Gasteiger partial charge < -0.3 is 20.3 Å². The second-order valence-electron chi connectivity index (χ2n) is 6.93. The number of nitrogens with zero attached hydrogens (tertiary/aromatic N) is 1. The molecular weight excluding hydrogens is 386 g/mol. The number of esters is 1. The summed E-state index contributed by atoms with van der Waals surface area (Å²) in [6.45, 7) is 3.62. The average molecular weight is 409 g/mol. The minimum atomic E-state index is -0.534. The Hall–Kier alpha value is -3.68. The Morgan fingerprint density at radius 2 is 1.77 bits per heavy atom. The molecule has 1 aliphatic heterocycles. The molecule has 2 aromatic rings. The van der Waals surface area contributed by atoms with Crippen LogP contribution in [0.2, 0.25) is 0 Å². The van der Waals surface area contributed by atoms with Gasteiger partial charge in [0.25, 0.3) is 0 Å². The maximum absolute atomic E-state index is 12.7. The first kappa shape index (κ1) is 21.0. The monoisotopic (exact) mass is 409 g/mol. The summed E-state index contributed by atoms with van der Waals surface area (Å²) in [5.41, 5.74) is 2.00. The third kappa shape index (κ3) is 5.02. The molecule has 0 aliphatic carbocycles. The summed E-state index contributed by atoms with van der Waals surface area (Å²) in [5, 5.41) is 5.45. The lowest BCUT2D eigenvalue weighted by Gasteiger charge is -2.18. The zero-order chi connectivity index (χ0) is 21.7. The highest BCUT2D eigenvalue weighted by molar-refractivity contribution is 6.04. The number of rotatable bonds is 6. The van der Waals surface area contributed by atoms with Crippen molar-refractivity contribution in [3.05, 3.63) is 54.1 Å². The van der Waals surface area contributed by atoms with Gasteiger partial charge in [-0.05, 0) is 43.3 Å². The van der Waals surface area contributed by atoms with Gasteiger partial charge in [-0.25, -0.2) is 4.79 Å². The van der Waals surface area contributed by atoms with E-state index < -0.39 is 11.9 Å². The molecule has 1 atom stereocenters. The van der Waals surface area contributed by atoms with E-state index in [1.807, 2.05) is 0 Å². The summed E-state index contributed by atoms with van der Waals surface area (Å²) in [7, 11) is 0. The molecule has 0 radical (unpaired) electrons. The Balaban J connectivity index is 1.68. The molecule has 2 N–H and O–H groups in total. The van der Waals surface area contributed by atoms with Gasteiger partial charge in [-0.1, -0.05) is 12.1 Å². The number of carbonyl (C=O) groups excluding carboxylic acids is 4. The predicted molar refractivity (Wildman–Crippen MR) is 112 cm³/mol. The summed E-state index contributed by atoms with van der Waals surface area (Å²) in [6.07, 6.45) is 0.0771. The average Bonchev–Trinajstić information content (AvgIpc) is 3.10. The lowest BCUT2D eigenvalue weighted by molar-refractivity contribution is -0.122. The van der Waals surface area contributed by atoms with Crippen LogP contribution in [-0.4, -0.2) is 36.8 Å². The molecule has 1 heterocycles. The van der Waals surface area contributed by atoms with E-state index in [1.165, 1.54) is 11.8 Å². The van der Waals surface area contributed by atoms with Crippen molar-refractivity contribution < 1.29 is 23.9 Å². The molecule has 30 heavy (non-hydrogen) atoms. The van der Waals surface area contributed by atoms with E-state index in [4.69, 9.17) is 4.74 Å². The van der Waals surface area contributed by atoms with E-state index in [9.17, 15) is 19.2 Å². The van der Waals surface area contributed by atoms with E-state index in [1.54, 1.807) is 55.5 Å². The number of anilines is 3. The van der Waals surface area contributed by atoms with Crippen LogP contribution in [0.3, 0.4) is 0 Å². The van der Waals surface area contributed by atoms with Gasteiger partial charge in [-0.15, -0.1) is 0 Å². The maximum Gasteiger partial charge on any atom is 0.338 e. The van der Waals surface area contributed by atoms with Crippen molar-refractivity contribution in [1.82, 2.24) is 0 Å². The minimum Gasteiger partial charge on any atom is -0.462 e. The number of amides is 3. The lowest BCUT2D eigenvalue weighted by atomic mass is 10.1. The van der Waals surface area contributed by atoms with Gasteiger partial charge >= 0.3 is 5.97 Å². The molecule has 1 saturated heterocycles. The number of hydrogen-bond acceptors (Lipinski definition) is 5. The molecule has 0 unspecified atom stereocenters. The van der Waals surface area contributed by atoms with E-state index in [0.29, 0.717) is 22.6 Å². The van der Waals surface area contributed by atoms with Crippen molar-refractivity contribution >= 4 is 40.8 Å². The molecule has 1 aliphatic rings. The molecule has 8 heteroatoms. The quantitative estimate of drug-likeness (QED) is 0.714. The highest BCUT2D eigenvalue weighted by atomic mass is 16.5. The fraction of sp³-hybridized carbons (Fsp3) is 0.273. The molecule has 0 aromatic heterocycles. The predicted octanol–water partition coefficient (Wildman–Crippen LogP) is 2.81. The van der Waals surface area contributed by atoms with Crippen LogP contribution >= 0.6 is 0 Å².